The van der Waals surface area contributed by atoms with E-state index in [0.29, 0.717) is 38.0 Å². The Morgan fingerprint density at radius 3 is 3.00 bits per heavy atom. The normalized spacial score (nSPS) is 26.5. The molecule has 3 heterocycles. The first kappa shape index (κ1) is 15.4. The minimum Gasteiger partial charge on any atom is -0.375 e. The van der Waals surface area contributed by atoms with Gasteiger partial charge in [0.25, 0.3) is 0 Å². The third-order valence-corrected chi connectivity index (χ3v) is 4.49. The maximum atomic E-state index is 12.6. The molecule has 0 aromatic carbocycles. The van der Waals surface area contributed by atoms with Crippen molar-refractivity contribution in [2.24, 2.45) is 0 Å². The van der Waals surface area contributed by atoms with Crippen LogP contribution in [0.2, 0.25) is 0 Å². The molecule has 7 heteroatoms. The predicted molar refractivity (Wildman–Crippen MR) is 79.2 cm³/mol. The van der Waals surface area contributed by atoms with Crippen LogP contribution in [0.4, 0.5) is 0 Å². The first-order chi connectivity index (χ1) is 10.7. The molecule has 3 rings (SSSR count). The largest absolute Gasteiger partial charge is 0.375 e. The molecule has 0 spiro atoms. The molecule has 7 nitrogen and oxygen atoms in total. The summed E-state index contributed by atoms with van der Waals surface area (Å²) in [6.45, 7) is 7.25. The van der Waals surface area contributed by atoms with E-state index < -0.39 is 0 Å². The van der Waals surface area contributed by atoms with E-state index in [-0.39, 0.29) is 18.1 Å². The Bertz CT molecular complexity index is 519. The van der Waals surface area contributed by atoms with Gasteiger partial charge in [-0.15, -0.1) is 0 Å². The molecule has 1 amide bonds. The standard InChI is InChI=1S/C15H24N4O3/c1-3-12-9-19(7-8-21-12)14(20)10-18-6-4-5-13(18)15-16-11(2)22-17-15/h12-13H,3-10H2,1-2H3. The Balaban J connectivity index is 1.60. The van der Waals surface area contributed by atoms with Gasteiger partial charge in [-0.2, -0.15) is 4.98 Å². The molecule has 2 aliphatic heterocycles. The average Bonchev–Trinajstić information content (AvgIpc) is 3.16. The van der Waals surface area contributed by atoms with E-state index in [4.69, 9.17) is 9.26 Å². The van der Waals surface area contributed by atoms with E-state index in [1.54, 1.807) is 6.92 Å². The minimum atomic E-state index is 0.101. The van der Waals surface area contributed by atoms with Crippen molar-refractivity contribution in [1.82, 2.24) is 19.9 Å². The molecule has 2 atom stereocenters. The molecule has 0 bridgehead atoms. The van der Waals surface area contributed by atoms with Crippen LogP contribution in [0.5, 0.6) is 0 Å². The summed E-state index contributed by atoms with van der Waals surface area (Å²) in [6.07, 6.45) is 3.16. The molecular formula is C15H24N4O3. The molecule has 0 aliphatic carbocycles. The number of hydrogen-bond acceptors (Lipinski definition) is 6. The molecule has 0 saturated carbocycles. The fourth-order valence-electron chi connectivity index (χ4n) is 3.22. The maximum Gasteiger partial charge on any atom is 0.236 e. The van der Waals surface area contributed by atoms with E-state index in [1.807, 2.05) is 4.90 Å². The van der Waals surface area contributed by atoms with Gasteiger partial charge in [0.15, 0.2) is 5.82 Å². The summed E-state index contributed by atoms with van der Waals surface area (Å²) in [5, 5.41) is 4.02. The molecule has 2 aliphatic rings. The van der Waals surface area contributed by atoms with Crippen LogP contribution in [0, 0.1) is 6.92 Å². The minimum absolute atomic E-state index is 0.101. The second-order valence-electron chi connectivity index (χ2n) is 6.04. The second-order valence-corrected chi connectivity index (χ2v) is 6.04. The number of carbonyl (C=O) groups is 1. The zero-order valence-corrected chi connectivity index (χ0v) is 13.3. The molecule has 0 radical (unpaired) electrons. The van der Waals surface area contributed by atoms with E-state index in [0.717, 1.165) is 25.8 Å². The van der Waals surface area contributed by atoms with Gasteiger partial charge in [-0.05, 0) is 25.8 Å². The third-order valence-electron chi connectivity index (χ3n) is 4.49. The summed E-state index contributed by atoms with van der Waals surface area (Å²) < 4.78 is 10.7. The lowest BCUT2D eigenvalue weighted by Crippen LogP contribution is -2.48. The number of nitrogens with zero attached hydrogens (tertiary/aromatic N) is 4. The summed E-state index contributed by atoms with van der Waals surface area (Å²) in [4.78, 5) is 21.0. The summed E-state index contributed by atoms with van der Waals surface area (Å²) in [5.41, 5.74) is 0. The van der Waals surface area contributed by atoms with Crippen molar-refractivity contribution in [2.75, 3.05) is 32.8 Å². The van der Waals surface area contributed by atoms with Crippen molar-refractivity contribution in [2.45, 2.75) is 45.3 Å². The Hall–Kier alpha value is -1.47. The van der Waals surface area contributed by atoms with Gasteiger partial charge >= 0.3 is 0 Å². The molecule has 1 aromatic rings. The number of aromatic nitrogens is 2. The number of ether oxygens (including phenoxy) is 1. The van der Waals surface area contributed by atoms with E-state index in [2.05, 4.69) is 22.0 Å². The number of amides is 1. The highest BCUT2D eigenvalue weighted by Crippen LogP contribution is 2.29. The first-order valence-electron chi connectivity index (χ1n) is 8.11. The third kappa shape index (κ3) is 3.30. The number of hydrogen-bond donors (Lipinski definition) is 0. The molecule has 22 heavy (non-hydrogen) atoms. The highest BCUT2D eigenvalue weighted by molar-refractivity contribution is 5.78. The molecule has 2 saturated heterocycles. The SMILES string of the molecule is CCC1CN(C(=O)CN2CCCC2c2noc(C)n2)CCO1. The van der Waals surface area contributed by atoms with Crippen LogP contribution in [0.3, 0.4) is 0 Å². The Labute approximate surface area is 130 Å². The average molecular weight is 308 g/mol. The number of morpholine rings is 1. The van der Waals surface area contributed by atoms with E-state index >= 15 is 0 Å². The van der Waals surface area contributed by atoms with Gasteiger partial charge in [-0.3, -0.25) is 9.69 Å². The number of carbonyl (C=O) groups excluding carboxylic acids is 1. The van der Waals surface area contributed by atoms with Crippen LogP contribution in [0.15, 0.2) is 4.52 Å². The molecule has 122 valence electrons. The highest BCUT2D eigenvalue weighted by Gasteiger charge is 2.33. The Morgan fingerprint density at radius 1 is 1.41 bits per heavy atom. The van der Waals surface area contributed by atoms with Crippen molar-refractivity contribution >= 4 is 5.91 Å². The quantitative estimate of drug-likeness (QED) is 0.831. The zero-order chi connectivity index (χ0) is 15.5. The van der Waals surface area contributed by atoms with Crippen LogP contribution >= 0.6 is 0 Å². The summed E-state index contributed by atoms with van der Waals surface area (Å²) in [7, 11) is 0. The van der Waals surface area contributed by atoms with Gasteiger partial charge in [0.1, 0.15) is 0 Å². The topological polar surface area (TPSA) is 71.7 Å². The first-order valence-corrected chi connectivity index (χ1v) is 8.11. The molecular weight excluding hydrogens is 284 g/mol. The molecule has 0 N–H and O–H groups in total. The van der Waals surface area contributed by atoms with Gasteiger partial charge in [-0.1, -0.05) is 12.1 Å². The molecule has 2 unspecified atom stereocenters. The number of aryl methyl sites for hydroxylation is 1. The number of rotatable bonds is 4. The van der Waals surface area contributed by atoms with Crippen molar-refractivity contribution in [3.8, 4) is 0 Å². The predicted octanol–water partition coefficient (Wildman–Crippen LogP) is 1.15. The van der Waals surface area contributed by atoms with Gasteiger partial charge in [-0.25, -0.2) is 0 Å². The Kier molecular flexibility index (Phi) is 4.73. The maximum absolute atomic E-state index is 12.6. The van der Waals surface area contributed by atoms with Gasteiger partial charge < -0.3 is 14.2 Å². The fourth-order valence-corrected chi connectivity index (χ4v) is 3.22. The smallest absolute Gasteiger partial charge is 0.236 e. The Morgan fingerprint density at radius 2 is 2.27 bits per heavy atom. The van der Waals surface area contributed by atoms with Gasteiger partial charge in [0, 0.05) is 20.0 Å². The highest BCUT2D eigenvalue weighted by atomic mass is 16.5. The van der Waals surface area contributed by atoms with Crippen LogP contribution < -0.4 is 0 Å². The van der Waals surface area contributed by atoms with Crippen LogP contribution in [-0.4, -0.2) is 64.7 Å². The molecule has 2 fully saturated rings. The van der Waals surface area contributed by atoms with Crippen molar-refractivity contribution in [3.05, 3.63) is 11.7 Å². The van der Waals surface area contributed by atoms with Gasteiger partial charge in [0.2, 0.25) is 11.8 Å². The van der Waals surface area contributed by atoms with Crippen molar-refractivity contribution < 1.29 is 14.1 Å². The lowest BCUT2D eigenvalue weighted by Gasteiger charge is -2.34. The molecule has 1 aromatic heterocycles. The van der Waals surface area contributed by atoms with Gasteiger partial charge in [0.05, 0.1) is 25.3 Å². The van der Waals surface area contributed by atoms with Crippen LogP contribution in [0.25, 0.3) is 0 Å². The second kappa shape index (κ2) is 6.75. The lowest BCUT2D eigenvalue weighted by molar-refractivity contribution is -0.140. The summed E-state index contributed by atoms with van der Waals surface area (Å²) in [5.74, 6) is 1.46. The lowest BCUT2D eigenvalue weighted by atomic mass is 10.2. The summed E-state index contributed by atoms with van der Waals surface area (Å²) in [6, 6.07) is 0.101. The zero-order valence-electron chi connectivity index (χ0n) is 13.3. The summed E-state index contributed by atoms with van der Waals surface area (Å²) >= 11 is 0. The monoisotopic (exact) mass is 308 g/mol. The van der Waals surface area contributed by atoms with Crippen LogP contribution in [0.1, 0.15) is 43.9 Å². The number of likely N-dealkylation sites (tertiary alicyclic amines) is 1. The van der Waals surface area contributed by atoms with Crippen LogP contribution in [-0.2, 0) is 9.53 Å². The van der Waals surface area contributed by atoms with Crippen molar-refractivity contribution in [1.29, 1.82) is 0 Å². The van der Waals surface area contributed by atoms with E-state index in [1.165, 1.54) is 0 Å². The van der Waals surface area contributed by atoms with Crippen molar-refractivity contribution in [3.63, 3.8) is 0 Å². The van der Waals surface area contributed by atoms with E-state index in [9.17, 15) is 4.79 Å². The fraction of sp³-hybridized carbons (Fsp3) is 0.800.